The first-order valence-corrected chi connectivity index (χ1v) is 8.78. The maximum absolute atomic E-state index is 12.9. The van der Waals surface area contributed by atoms with Gasteiger partial charge in [-0.2, -0.15) is 0 Å². The van der Waals surface area contributed by atoms with Crippen LogP contribution in [0, 0.1) is 5.82 Å². The van der Waals surface area contributed by atoms with Crippen LogP contribution in [0.5, 0.6) is 0 Å². The Bertz CT molecular complexity index is 804. The van der Waals surface area contributed by atoms with Crippen molar-refractivity contribution >= 4 is 21.6 Å². The number of rotatable bonds is 5. The number of hydrogen-bond acceptors (Lipinski definition) is 3. The standard InChI is InChI=1S/C16H17FN2O3S/c1-11(12-6-8-14(17)9-7-12)18-16(20)13-4-3-5-15(10-13)19-23(2,21)22/h3-11,19H,1-2H3,(H,18,20)/t11-/m0/s1. The zero-order valence-corrected chi connectivity index (χ0v) is 13.5. The normalized spacial score (nSPS) is 12.5. The van der Waals surface area contributed by atoms with Gasteiger partial charge in [-0.05, 0) is 42.8 Å². The minimum absolute atomic E-state index is 0.311. The van der Waals surface area contributed by atoms with Gasteiger partial charge < -0.3 is 5.32 Å². The number of halogens is 1. The molecule has 2 N–H and O–H groups in total. The molecule has 0 bridgehead atoms. The third kappa shape index (κ3) is 5.07. The molecule has 23 heavy (non-hydrogen) atoms. The zero-order chi connectivity index (χ0) is 17.0. The van der Waals surface area contributed by atoms with Crippen LogP contribution < -0.4 is 10.0 Å². The van der Waals surface area contributed by atoms with Crippen molar-refractivity contribution in [1.29, 1.82) is 0 Å². The van der Waals surface area contributed by atoms with Crippen LogP contribution in [-0.2, 0) is 10.0 Å². The summed E-state index contributed by atoms with van der Waals surface area (Å²) in [6.45, 7) is 1.78. The molecule has 0 aromatic heterocycles. The lowest BCUT2D eigenvalue weighted by Crippen LogP contribution is -2.26. The first-order chi connectivity index (χ1) is 10.7. The summed E-state index contributed by atoms with van der Waals surface area (Å²) in [4.78, 5) is 12.3. The van der Waals surface area contributed by atoms with Crippen molar-refractivity contribution in [3.8, 4) is 0 Å². The number of benzene rings is 2. The van der Waals surface area contributed by atoms with Crippen LogP contribution in [0.15, 0.2) is 48.5 Å². The maximum atomic E-state index is 12.9. The SMILES string of the molecule is C[C@H](NC(=O)c1cccc(NS(C)(=O)=O)c1)c1ccc(F)cc1. The zero-order valence-electron chi connectivity index (χ0n) is 12.7. The van der Waals surface area contributed by atoms with Crippen LogP contribution in [0.25, 0.3) is 0 Å². The third-order valence-corrected chi connectivity index (χ3v) is 3.75. The van der Waals surface area contributed by atoms with Gasteiger partial charge in [0.05, 0.1) is 12.3 Å². The fraction of sp³-hybridized carbons (Fsp3) is 0.188. The fourth-order valence-corrected chi connectivity index (χ4v) is 2.61. The lowest BCUT2D eigenvalue weighted by atomic mass is 10.1. The highest BCUT2D eigenvalue weighted by atomic mass is 32.2. The van der Waals surface area contributed by atoms with E-state index in [1.54, 1.807) is 37.3 Å². The lowest BCUT2D eigenvalue weighted by Gasteiger charge is -2.15. The van der Waals surface area contributed by atoms with Crippen molar-refractivity contribution in [2.75, 3.05) is 11.0 Å². The third-order valence-electron chi connectivity index (χ3n) is 3.15. The van der Waals surface area contributed by atoms with Crippen molar-refractivity contribution in [2.24, 2.45) is 0 Å². The van der Waals surface area contributed by atoms with Crippen molar-refractivity contribution in [3.63, 3.8) is 0 Å². The number of amides is 1. The Morgan fingerprint density at radius 2 is 1.78 bits per heavy atom. The van der Waals surface area contributed by atoms with Crippen molar-refractivity contribution < 1.29 is 17.6 Å². The van der Waals surface area contributed by atoms with E-state index < -0.39 is 10.0 Å². The summed E-state index contributed by atoms with van der Waals surface area (Å²) in [6, 6.07) is 11.7. The summed E-state index contributed by atoms with van der Waals surface area (Å²) in [5, 5.41) is 2.78. The monoisotopic (exact) mass is 336 g/mol. The second kappa shape index (κ2) is 6.78. The van der Waals surface area contributed by atoms with Gasteiger partial charge in [-0.15, -0.1) is 0 Å². The summed E-state index contributed by atoms with van der Waals surface area (Å²) < 4.78 is 37.7. The Balaban J connectivity index is 2.11. The highest BCUT2D eigenvalue weighted by Gasteiger charge is 2.12. The molecular formula is C16H17FN2O3S. The van der Waals surface area contributed by atoms with E-state index in [0.717, 1.165) is 11.8 Å². The quantitative estimate of drug-likeness (QED) is 0.881. The Labute approximate surface area is 134 Å². The van der Waals surface area contributed by atoms with Gasteiger partial charge in [0.2, 0.25) is 10.0 Å². The molecule has 0 aliphatic carbocycles. The molecule has 0 saturated carbocycles. The number of anilines is 1. The van der Waals surface area contributed by atoms with Gasteiger partial charge in [0, 0.05) is 11.3 Å². The van der Waals surface area contributed by atoms with Crippen molar-refractivity contribution in [1.82, 2.24) is 5.32 Å². The molecule has 0 unspecified atom stereocenters. The predicted octanol–water partition coefficient (Wildman–Crippen LogP) is 2.69. The number of hydrogen-bond donors (Lipinski definition) is 2. The molecule has 0 radical (unpaired) electrons. The largest absolute Gasteiger partial charge is 0.346 e. The van der Waals surface area contributed by atoms with Crippen LogP contribution in [-0.4, -0.2) is 20.6 Å². The van der Waals surface area contributed by atoms with Gasteiger partial charge >= 0.3 is 0 Å². The van der Waals surface area contributed by atoms with E-state index in [-0.39, 0.29) is 17.8 Å². The molecular weight excluding hydrogens is 319 g/mol. The second-order valence-electron chi connectivity index (χ2n) is 5.20. The molecule has 0 aliphatic rings. The highest BCUT2D eigenvalue weighted by Crippen LogP contribution is 2.16. The first-order valence-electron chi connectivity index (χ1n) is 6.89. The molecule has 0 fully saturated rings. The predicted molar refractivity (Wildman–Crippen MR) is 87.2 cm³/mol. The molecule has 0 spiro atoms. The number of nitrogens with one attached hydrogen (secondary N) is 2. The van der Waals surface area contributed by atoms with Crippen LogP contribution in [0.3, 0.4) is 0 Å². The summed E-state index contributed by atoms with van der Waals surface area (Å²) in [7, 11) is -3.41. The molecule has 1 amide bonds. The van der Waals surface area contributed by atoms with Gasteiger partial charge in [-0.3, -0.25) is 9.52 Å². The number of carbonyl (C=O) groups is 1. The van der Waals surface area contributed by atoms with Gasteiger partial charge in [0.25, 0.3) is 5.91 Å². The van der Waals surface area contributed by atoms with Crippen LogP contribution >= 0.6 is 0 Å². The average Bonchev–Trinajstić information content (AvgIpc) is 2.46. The van der Waals surface area contributed by atoms with Crippen LogP contribution in [0.2, 0.25) is 0 Å². The summed E-state index contributed by atoms with van der Waals surface area (Å²) in [5.41, 5.74) is 1.41. The first kappa shape index (κ1) is 17.0. The van der Waals surface area contributed by atoms with Crippen LogP contribution in [0.1, 0.15) is 28.9 Å². The van der Waals surface area contributed by atoms with Crippen LogP contribution in [0.4, 0.5) is 10.1 Å². The van der Waals surface area contributed by atoms with Gasteiger partial charge in [-0.1, -0.05) is 18.2 Å². The van der Waals surface area contributed by atoms with Gasteiger partial charge in [0.15, 0.2) is 0 Å². The highest BCUT2D eigenvalue weighted by molar-refractivity contribution is 7.92. The molecule has 2 aromatic rings. The van der Waals surface area contributed by atoms with Gasteiger partial charge in [-0.25, -0.2) is 12.8 Å². The van der Waals surface area contributed by atoms with Gasteiger partial charge in [0.1, 0.15) is 5.82 Å². The maximum Gasteiger partial charge on any atom is 0.251 e. The molecule has 122 valence electrons. The van der Waals surface area contributed by atoms with E-state index >= 15 is 0 Å². The Morgan fingerprint density at radius 3 is 2.39 bits per heavy atom. The molecule has 0 saturated heterocycles. The summed E-state index contributed by atoms with van der Waals surface area (Å²) in [5.74, 6) is -0.689. The summed E-state index contributed by atoms with van der Waals surface area (Å²) in [6.07, 6.45) is 1.04. The summed E-state index contributed by atoms with van der Waals surface area (Å²) >= 11 is 0. The van der Waals surface area contributed by atoms with E-state index in [1.165, 1.54) is 18.2 Å². The van der Waals surface area contributed by atoms with E-state index in [2.05, 4.69) is 10.0 Å². The van der Waals surface area contributed by atoms with E-state index in [0.29, 0.717) is 11.3 Å². The molecule has 0 aliphatic heterocycles. The smallest absolute Gasteiger partial charge is 0.251 e. The lowest BCUT2D eigenvalue weighted by molar-refractivity contribution is 0.0940. The minimum Gasteiger partial charge on any atom is -0.346 e. The Kier molecular flexibility index (Phi) is 5.00. The Morgan fingerprint density at radius 1 is 1.13 bits per heavy atom. The van der Waals surface area contributed by atoms with Crippen molar-refractivity contribution in [2.45, 2.75) is 13.0 Å². The molecule has 7 heteroatoms. The van der Waals surface area contributed by atoms with E-state index in [9.17, 15) is 17.6 Å². The minimum atomic E-state index is -3.41. The van der Waals surface area contributed by atoms with E-state index in [1.807, 2.05) is 0 Å². The molecule has 0 heterocycles. The second-order valence-corrected chi connectivity index (χ2v) is 6.95. The molecule has 1 atom stereocenters. The topological polar surface area (TPSA) is 75.3 Å². The molecule has 5 nitrogen and oxygen atoms in total. The van der Waals surface area contributed by atoms with Crippen molar-refractivity contribution in [3.05, 3.63) is 65.5 Å². The fourth-order valence-electron chi connectivity index (χ4n) is 2.05. The number of carbonyl (C=O) groups excluding carboxylic acids is 1. The average molecular weight is 336 g/mol. The molecule has 2 rings (SSSR count). The molecule has 2 aromatic carbocycles. The van der Waals surface area contributed by atoms with E-state index in [4.69, 9.17) is 0 Å². The Hall–Kier alpha value is -2.41. The number of sulfonamides is 1.